The molecule has 1 aliphatic carbocycles. The van der Waals surface area contributed by atoms with Crippen molar-refractivity contribution in [2.75, 3.05) is 33.9 Å². The second-order valence-corrected chi connectivity index (χ2v) is 7.27. The van der Waals surface area contributed by atoms with Crippen molar-refractivity contribution >= 4 is 5.91 Å². The lowest BCUT2D eigenvalue weighted by molar-refractivity contribution is -0.207. The molecule has 5 nitrogen and oxygen atoms in total. The van der Waals surface area contributed by atoms with Crippen molar-refractivity contribution in [2.45, 2.75) is 36.9 Å². The van der Waals surface area contributed by atoms with E-state index in [2.05, 4.69) is 12.1 Å². The van der Waals surface area contributed by atoms with Crippen LogP contribution in [0.4, 0.5) is 0 Å². The van der Waals surface area contributed by atoms with E-state index in [0.717, 1.165) is 38.0 Å². The van der Waals surface area contributed by atoms with Crippen LogP contribution in [0, 0.1) is 5.92 Å². The molecule has 4 rings (SSSR count). The SMILES string of the molecule is COc1cccc([C@@]23CCN(C)C(=O)[C@@H]2CCC2(C3)OCCO2)c1. The Morgan fingerprint density at radius 3 is 2.79 bits per heavy atom. The van der Waals surface area contributed by atoms with Crippen LogP contribution in [0.2, 0.25) is 0 Å². The summed E-state index contributed by atoms with van der Waals surface area (Å²) in [4.78, 5) is 14.8. The number of benzene rings is 1. The first-order valence-electron chi connectivity index (χ1n) is 8.76. The maximum Gasteiger partial charge on any atom is 0.226 e. The van der Waals surface area contributed by atoms with Gasteiger partial charge in [-0.2, -0.15) is 0 Å². The van der Waals surface area contributed by atoms with Gasteiger partial charge in [-0.05, 0) is 30.5 Å². The van der Waals surface area contributed by atoms with Gasteiger partial charge in [0.15, 0.2) is 5.79 Å². The summed E-state index contributed by atoms with van der Waals surface area (Å²) in [6.45, 7) is 2.06. The molecular formula is C19H25NO4. The Morgan fingerprint density at radius 2 is 2.04 bits per heavy atom. The average molecular weight is 331 g/mol. The van der Waals surface area contributed by atoms with Gasteiger partial charge in [0.2, 0.25) is 5.91 Å². The van der Waals surface area contributed by atoms with E-state index in [1.165, 1.54) is 5.56 Å². The molecule has 1 saturated carbocycles. The van der Waals surface area contributed by atoms with E-state index in [0.29, 0.717) is 13.2 Å². The molecule has 1 aromatic rings. The lowest BCUT2D eigenvalue weighted by atomic mass is 9.57. The fourth-order valence-corrected chi connectivity index (χ4v) is 4.82. The third-order valence-electron chi connectivity index (χ3n) is 6.09. The van der Waals surface area contributed by atoms with Gasteiger partial charge < -0.3 is 19.1 Å². The highest BCUT2D eigenvalue weighted by atomic mass is 16.7. The maximum absolute atomic E-state index is 12.9. The van der Waals surface area contributed by atoms with Crippen LogP contribution in [0.5, 0.6) is 5.75 Å². The number of methoxy groups -OCH3 is 1. The molecule has 3 aliphatic rings. The van der Waals surface area contributed by atoms with Crippen LogP contribution in [-0.2, 0) is 19.7 Å². The van der Waals surface area contributed by atoms with Gasteiger partial charge in [0.05, 0.1) is 20.3 Å². The van der Waals surface area contributed by atoms with Crippen molar-refractivity contribution in [3.05, 3.63) is 29.8 Å². The molecule has 2 aliphatic heterocycles. The van der Waals surface area contributed by atoms with Crippen LogP contribution in [0.25, 0.3) is 0 Å². The summed E-state index contributed by atoms with van der Waals surface area (Å²) >= 11 is 0. The summed E-state index contributed by atoms with van der Waals surface area (Å²) < 4.78 is 17.5. The van der Waals surface area contributed by atoms with Gasteiger partial charge in [0.1, 0.15) is 5.75 Å². The largest absolute Gasteiger partial charge is 0.497 e. The zero-order valence-electron chi connectivity index (χ0n) is 14.4. The Labute approximate surface area is 142 Å². The van der Waals surface area contributed by atoms with Gasteiger partial charge in [-0.15, -0.1) is 0 Å². The lowest BCUT2D eigenvalue weighted by Crippen LogP contribution is -2.58. The molecule has 3 fully saturated rings. The Kier molecular flexibility index (Phi) is 3.81. The summed E-state index contributed by atoms with van der Waals surface area (Å²) in [6.07, 6.45) is 3.28. The van der Waals surface area contributed by atoms with Crippen molar-refractivity contribution in [1.29, 1.82) is 0 Å². The molecule has 2 atom stereocenters. The summed E-state index contributed by atoms with van der Waals surface area (Å²) in [7, 11) is 3.59. The molecule has 2 saturated heterocycles. The zero-order valence-corrected chi connectivity index (χ0v) is 14.4. The fourth-order valence-electron chi connectivity index (χ4n) is 4.82. The third-order valence-corrected chi connectivity index (χ3v) is 6.09. The highest BCUT2D eigenvalue weighted by Crippen LogP contribution is 2.54. The molecule has 2 heterocycles. The van der Waals surface area contributed by atoms with E-state index in [9.17, 15) is 4.79 Å². The topological polar surface area (TPSA) is 48.0 Å². The van der Waals surface area contributed by atoms with Gasteiger partial charge in [0, 0.05) is 37.8 Å². The molecule has 0 unspecified atom stereocenters. The highest BCUT2D eigenvalue weighted by molar-refractivity contribution is 5.82. The van der Waals surface area contributed by atoms with E-state index < -0.39 is 5.79 Å². The van der Waals surface area contributed by atoms with Gasteiger partial charge >= 0.3 is 0 Å². The maximum atomic E-state index is 12.9. The molecule has 0 bridgehead atoms. The smallest absolute Gasteiger partial charge is 0.226 e. The minimum atomic E-state index is -0.518. The first-order chi connectivity index (χ1) is 11.6. The molecule has 0 N–H and O–H groups in total. The predicted molar refractivity (Wildman–Crippen MR) is 88.9 cm³/mol. The van der Waals surface area contributed by atoms with Crippen molar-refractivity contribution < 1.29 is 19.0 Å². The summed E-state index contributed by atoms with van der Waals surface area (Å²) in [5.74, 6) is 0.550. The van der Waals surface area contributed by atoms with Gasteiger partial charge in [-0.3, -0.25) is 4.79 Å². The number of nitrogens with zero attached hydrogens (tertiary/aromatic N) is 1. The number of carbonyl (C=O) groups is 1. The minimum absolute atomic E-state index is 0.0122. The monoisotopic (exact) mass is 331 g/mol. The number of hydrogen-bond donors (Lipinski definition) is 0. The summed E-state index contributed by atoms with van der Waals surface area (Å²) in [5, 5.41) is 0. The van der Waals surface area contributed by atoms with Crippen molar-refractivity contribution in [2.24, 2.45) is 5.92 Å². The number of fused-ring (bicyclic) bond motifs is 1. The number of piperidine rings is 1. The average Bonchev–Trinajstić information content (AvgIpc) is 3.06. The van der Waals surface area contributed by atoms with Crippen LogP contribution < -0.4 is 4.74 Å². The molecular weight excluding hydrogens is 306 g/mol. The number of likely N-dealkylation sites (tertiary alicyclic amines) is 1. The number of hydrogen-bond acceptors (Lipinski definition) is 4. The Morgan fingerprint density at radius 1 is 1.25 bits per heavy atom. The minimum Gasteiger partial charge on any atom is -0.497 e. The van der Waals surface area contributed by atoms with Crippen molar-refractivity contribution in [3.8, 4) is 5.75 Å². The van der Waals surface area contributed by atoms with E-state index in [1.807, 2.05) is 24.1 Å². The van der Waals surface area contributed by atoms with Crippen molar-refractivity contribution in [3.63, 3.8) is 0 Å². The second kappa shape index (κ2) is 5.74. The fraction of sp³-hybridized carbons (Fsp3) is 0.632. The molecule has 1 amide bonds. The predicted octanol–water partition coefficient (Wildman–Crippen LogP) is 2.34. The Bertz CT molecular complexity index is 640. The number of amides is 1. The Balaban J connectivity index is 1.79. The normalized spacial score (nSPS) is 32.0. The quantitative estimate of drug-likeness (QED) is 0.835. The Hall–Kier alpha value is -1.59. The van der Waals surface area contributed by atoms with E-state index in [1.54, 1.807) is 7.11 Å². The highest BCUT2D eigenvalue weighted by Gasteiger charge is 2.58. The number of carbonyl (C=O) groups excluding carboxylic acids is 1. The molecule has 0 radical (unpaired) electrons. The summed E-state index contributed by atoms with van der Waals surface area (Å²) in [5.41, 5.74) is 0.937. The zero-order chi connectivity index (χ0) is 16.8. The van der Waals surface area contributed by atoms with Crippen LogP contribution in [-0.4, -0.2) is 50.5 Å². The standard InChI is InChI=1S/C19H25NO4/c1-20-9-8-18(14-4-3-5-15(12-14)22-2)13-19(23-10-11-24-19)7-6-16(18)17(20)21/h3-5,12,16H,6-11,13H2,1-2H3/t16-,18-/m0/s1. The van der Waals surface area contributed by atoms with Crippen LogP contribution in [0.1, 0.15) is 31.2 Å². The first-order valence-corrected chi connectivity index (χ1v) is 8.76. The van der Waals surface area contributed by atoms with Gasteiger partial charge in [-0.1, -0.05) is 12.1 Å². The van der Waals surface area contributed by atoms with Crippen LogP contribution in [0.15, 0.2) is 24.3 Å². The molecule has 5 heteroatoms. The van der Waals surface area contributed by atoms with Gasteiger partial charge in [0.25, 0.3) is 0 Å². The molecule has 24 heavy (non-hydrogen) atoms. The van der Waals surface area contributed by atoms with Gasteiger partial charge in [-0.25, -0.2) is 0 Å². The number of rotatable bonds is 2. The molecule has 1 spiro atoms. The summed E-state index contributed by atoms with van der Waals surface area (Å²) in [6, 6.07) is 8.18. The van der Waals surface area contributed by atoms with E-state index in [-0.39, 0.29) is 17.2 Å². The van der Waals surface area contributed by atoms with E-state index in [4.69, 9.17) is 14.2 Å². The molecule has 130 valence electrons. The first kappa shape index (κ1) is 15.9. The number of ether oxygens (including phenoxy) is 3. The molecule has 1 aromatic carbocycles. The van der Waals surface area contributed by atoms with Crippen LogP contribution in [0.3, 0.4) is 0 Å². The van der Waals surface area contributed by atoms with Crippen molar-refractivity contribution in [1.82, 2.24) is 4.90 Å². The second-order valence-electron chi connectivity index (χ2n) is 7.27. The molecule has 0 aromatic heterocycles. The third kappa shape index (κ3) is 2.33. The van der Waals surface area contributed by atoms with Crippen LogP contribution >= 0.6 is 0 Å². The lowest BCUT2D eigenvalue weighted by Gasteiger charge is -2.53. The van der Waals surface area contributed by atoms with E-state index >= 15 is 0 Å².